The van der Waals surface area contributed by atoms with Crippen molar-refractivity contribution in [1.29, 1.82) is 0 Å². The number of hydrogen-bond donors (Lipinski definition) is 2. The maximum absolute atomic E-state index is 11.9. The molecule has 1 aliphatic rings. The van der Waals surface area contributed by atoms with Gasteiger partial charge in [-0.05, 0) is 42.5 Å². The zero-order valence-electron chi connectivity index (χ0n) is 12.8. The van der Waals surface area contributed by atoms with Crippen molar-refractivity contribution < 1.29 is 9.59 Å². The lowest BCUT2D eigenvalue weighted by Gasteiger charge is -2.17. The Morgan fingerprint density at radius 2 is 2.24 bits per heavy atom. The molecule has 2 amide bonds. The average Bonchev–Trinajstić information content (AvgIpc) is 3.04. The van der Waals surface area contributed by atoms with E-state index < -0.39 is 0 Å². The summed E-state index contributed by atoms with van der Waals surface area (Å²) in [7, 11) is 0. The van der Waals surface area contributed by atoms with Crippen LogP contribution in [0.4, 0.5) is 0 Å². The van der Waals surface area contributed by atoms with Crippen molar-refractivity contribution in [2.45, 2.75) is 52.0 Å². The topological polar surface area (TPSA) is 58.2 Å². The van der Waals surface area contributed by atoms with E-state index >= 15 is 0 Å². The van der Waals surface area contributed by atoms with Crippen molar-refractivity contribution in [3.63, 3.8) is 0 Å². The van der Waals surface area contributed by atoms with Gasteiger partial charge in [0.25, 0.3) is 5.91 Å². The Kier molecular flexibility index (Phi) is 5.39. The third-order valence-electron chi connectivity index (χ3n) is 3.94. The van der Waals surface area contributed by atoms with Gasteiger partial charge in [0, 0.05) is 19.0 Å². The Balaban J connectivity index is 1.58. The molecule has 116 valence electrons. The van der Waals surface area contributed by atoms with Crippen LogP contribution in [-0.4, -0.2) is 24.4 Å². The van der Waals surface area contributed by atoms with Gasteiger partial charge in [-0.3, -0.25) is 9.59 Å². The molecule has 0 spiro atoms. The van der Waals surface area contributed by atoms with Crippen LogP contribution in [0.2, 0.25) is 0 Å². The average molecular weight is 308 g/mol. The summed E-state index contributed by atoms with van der Waals surface area (Å²) in [5.41, 5.74) is 0.354. The second-order valence-electron chi connectivity index (χ2n) is 6.51. The molecule has 0 radical (unpaired) electrons. The fourth-order valence-electron chi connectivity index (χ4n) is 2.80. The Labute approximate surface area is 130 Å². The predicted molar refractivity (Wildman–Crippen MR) is 85.4 cm³/mol. The molecule has 4 nitrogen and oxygen atoms in total. The summed E-state index contributed by atoms with van der Waals surface area (Å²) >= 11 is 1.43. The molecular formula is C16H24N2O2S. The first-order chi connectivity index (χ1) is 9.96. The first-order valence-electron chi connectivity index (χ1n) is 7.57. The van der Waals surface area contributed by atoms with E-state index in [-0.39, 0.29) is 11.8 Å². The second-order valence-corrected chi connectivity index (χ2v) is 7.46. The molecule has 1 unspecified atom stereocenters. The molecular weight excluding hydrogens is 284 g/mol. The Morgan fingerprint density at radius 1 is 1.43 bits per heavy atom. The molecule has 1 heterocycles. The molecule has 1 saturated carbocycles. The summed E-state index contributed by atoms with van der Waals surface area (Å²) in [5, 5.41) is 7.82. The van der Waals surface area contributed by atoms with Crippen molar-refractivity contribution in [2.75, 3.05) is 6.54 Å². The molecule has 21 heavy (non-hydrogen) atoms. The number of amides is 2. The quantitative estimate of drug-likeness (QED) is 0.794. The van der Waals surface area contributed by atoms with E-state index in [0.29, 0.717) is 35.7 Å². The minimum Gasteiger partial charge on any atom is -0.353 e. The zero-order valence-corrected chi connectivity index (χ0v) is 13.6. The molecule has 1 aromatic rings. The van der Waals surface area contributed by atoms with Crippen LogP contribution in [-0.2, 0) is 4.79 Å². The molecule has 1 aromatic heterocycles. The van der Waals surface area contributed by atoms with E-state index in [4.69, 9.17) is 0 Å². The van der Waals surface area contributed by atoms with E-state index in [1.165, 1.54) is 17.8 Å². The SMILES string of the molecule is CC1(C)CCC(NC(=O)CCCNC(=O)c2cccs2)C1. The van der Waals surface area contributed by atoms with E-state index in [1.807, 2.05) is 11.4 Å². The van der Waals surface area contributed by atoms with Gasteiger partial charge in [-0.15, -0.1) is 11.3 Å². The van der Waals surface area contributed by atoms with Gasteiger partial charge in [0.15, 0.2) is 0 Å². The van der Waals surface area contributed by atoms with Crippen LogP contribution in [0.15, 0.2) is 17.5 Å². The lowest BCUT2D eigenvalue weighted by Crippen LogP contribution is -2.34. The molecule has 1 atom stereocenters. The molecule has 0 bridgehead atoms. The summed E-state index contributed by atoms with van der Waals surface area (Å²) in [6.07, 6.45) is 4.47. The van der Waals surface area contributed by atoms with E-state index in [9.17, 15) is 9.59 Å². The molecule has 1 aliphatic carbocycles. The van der Waals surface area contributed by atoms with Crippen LogP contribution < -0.4 is 10.6 Å². The van der Waals surface area contributed by atoms with Gasteiger partial charge in [-0.2, -0.15) is 0 Å². The minimum absolute atomic E-state index is 0.0528. The van der Waals surface area contributed by atoms with Gasteiger partial charge in [0.05, 0.1) is 4.88 Å². The first kappa shape index (κ1) is 16.0. The van der Waals surface area contributed by atoms with Crippen LogP contribution in [0.1, 0.15) is 55.6 Å². The summed E-state index contributed by atoms with van der Waals surface area (Å²) in [5.74, 6) is 0.0472. The molecule has 5 heteroatoms. The van der Waals surface area contributed by atoms with Crippen LogP contribution in [0.3, 0.4) is 0 Å². The molecule has 2 rings (SSSR count). The lowest BCUT2D eigenvalue weighted by molar-refractivity contribution is -0.121. The third kappa shape index (κ3) is 5.16. The minimum atomic E-state index is -0.0528. The number of carbonyl (C=O) groups is 2. The molecule has 0 aromatic carbocycles. The smallest absolute Gasteiger partial charge is 0.261 e. The largest absolute Gasteiger partial charge is 0.353 e. The second kappa shape index (κ2) is 7.07. The summed E-state index contributed by atoms with van der Waals surface area (Å²) in [6, 6.07) is 3.98. The molecule has 0 saturated heterocycles. The van der Waals surface area contributed by atoms with Gasteiger partial charge >= 0.3 is 0 Å². The highest BCUT2D eigenvalue weighted by atomic mass is 32.1. The number of nitrogens with one attached hydrogen (secondary N) is 2. The van der Waals surface area contributed by atoms with E-state index in [2.05, 4.69) is 24.5 Å². The Hall–Kier alpha value is -1.36. The number of thiophene rings is 1. The number of hydrogen-bond acceptors (Lipinski definition) is 3. The highest BCUT2D eigenvalue weighted by molar-refractivity contribution is 7.12. The normalized spacial score (nSPS) is 20.2. The summed E-state index contributed by atoms with van der Waals surface area (Å²) in [4.78, 5) is 24.3. The number of carbonyl (C=O) groups excluding carboxylic acids is 2. The van der Waals surface area contributed by atoms with Crippen molar-refractivity contribution in [1.82, 2.24) is 10.6 Å². The zero-order chi connectivity index (χ0) is 15.3. The van der Waals surface area contributed by atoms with Gasteiger partial charge < -0.3 is 10.6 Å². The van der Waals surface area contributed by atoms with Crippen LogP contribution in [0, 0.1) is 5.41 Å². The summed E-state index contributed by atoms with van der Waals surface area (Å²) in [6.45, 7) is 5.04. The van der Waals surface area contributed by atoms with Crippen molar-refractivity contribution in [3.8, 4) is 0 Å². The standard InChI is InChI=1S/C16H24N2O2S/c1-16(2)8-7-12(11-16)18-14(19)6-3-9-17-15(20)13-5-4-10-21-13/h4-5,10,12H,3,6-9,11H2,1-2H3,(H,17,20)(H,18,19). The molecule has 0 aliphatic heterocycles. The van der Waals surface area contributed by atoms with Crippen molar-refractivity contribution in [3.05, 3.63) is 22.4 Å². The molecule has 1 fully saturated rings. The molecule has 2 N–H and O–H groups in total. The van der Waals surface area contributed by atoms with Crippen LogP contribution in [0.25, 0.3) is 0 Å². The maximum Gasteiger partial charge on any atom is 0.261 e. The maximum atomic E-state index is 11.9. The fraction of sp³-hybridized carbons (Fsp3) is 0.625. The van der Waals surface area contributed by atoms with Gasteiger partial charge in [-0.1, -0.05) is 19.9 Å². The van der Waals surface area contributed by atoms with Crippen molar-refractivity contribution >= 4 is 23.2 Å². The Bertz CT molecular complexity index is 482. The highest BCUT2D eigenvalue weighted by Crippen LogP contribution is 2.36. The fourth-order valence-corrected chi connectivity index (χ4v) is 3.44. The summed E-state index contributed by atoms with van der Waals surface area (Å²) < 4.78 is 0. The van der Waals surface area contributed by atoms with Gasteiger partial charge in [0.2, 0.25) is 5.91 Å². The Morgan fingerprint density at radius 3 is 2.86 bits per heavy atom. The highest BCUT2D eigenvalue weighted by Gasteiger charge is 2.31. The van der Waals surface area contributed by atoms with Crippen LogP contribution in [0.5, 0.6) is 0 Å². The third-order valence-corrected chi connectivity index (χ3v) is 4.81. The first-order valence-corrected chi connectivity index (χ1v) is 8.45. The monoisotopic (exact) mass is 308 g/mol. The van der Waals surface area contributed by atoms with Gasteiger partial charge in [-0.25, -0.2) is 0 Å². The lowest BCUT2D eigenvalue weighted by atomic mass is 9.92. The van der Waals surface area contributed by atoms with Gasteiger partial charge in [0.1, 0.15) is 0 Å². The van der Waals surface area contributed by atoms with Crippen molar-refractivity contribution in [2.24, 2.45) is 5.41 Å². The van der Waals surface area contributed by atoms with E-state index in [1.54, 1.807) is 6.07 Å². The van der Waals surface area contributed by atoms with Crippen LogP contribution >= 0.6 is 11.3 Å². The predicted octanol–water partition coefficient (Wildman–Crippen LogP) is 2.95. The van der Waals surface area contributed by atoms with E-state index in [0.717, 1.165) is 12.8 Å². The number of rotatable bonds is 6.